The molecule has 0 radical (unpaired) electrons. The highest BCUT2D eigenvalue weighted by molar-refractivity contribution is 5.78. The number of methoxy groups -OCH3 is 1. The summed E-state index contributed by atoms with van der Waals surface area (Å²) in [5.74, 6) is 0.492. The number of nitrogens with two attached hydrogens (primary N) is 1. The number of primary amides is 1. The van der Waals surface area contributed by atoms with Gasteiger partial charge in [-0.05, 0) is 30.2 Å². The van der Waals surface area contributed by atoms with Crippen LogP contribution >= 0.6 is 0 Å². The molecule has 0 fully saturated rings. The maximum atomic E-state index is 10.6. The van der Waals surface area contributed by atoms with E-state index in [-0.39, 0.29) is 12.5 Å². The average Bonchev–Trinajstić information content (AvgIpc) is 2.25. The summed E-state index contributed by atoms with van der Waals surface area (Å²) in [6, 6.07) is 5.70. The lowest BCUT2D eigenvalue weighted by Crippen LogP contribution is -2.21. The summed E-state index contributed by atoms with van der Waals surface area (Å²) in [5, 5.41) is 2.94. The van der Waals surface area contributed by atoms with Crippen molar-refractivity contribution in [1.82, 2.24) is 0 Å². The molecule has 3 N–H and O–H groups in total. The van der Waals surface area contributed by atoms with Crippen LogP contribution in [0.3, 0.4) is 0 Å². The van der Waals surface area contributed by atoms with Gasteiger partial charge in [0.05, 0.1) is 13.7 Å². The van der Waals surface area contributed by atoms with E-state index in [0.717, 1.165) is 23.4 Å². The number of amides is 1. The SMILES string of the molecule is CCc1cc(NCC(N)=O)ccc1OC. The summed E-state index contributed by atoms with van der Waals surface area (Å²) in [5.41, 5.74) is 7.03. The first-order chi connectivity index (χ1) is 7.17. The Balaban J connectivity index is 2.78. The van der Waals surface area contributed by atoms with Gasteiger partial charge in [0.1, 0.15) is 5.75 Å². The molecule has 0 saturated carbocycles. The van der Waals surface area contributed by atoms with E-state index in [1.807, 2.05) is 18.2 Å². The van der Waals surface area contributed by atoms with Gasteiger partial charge in [0, 0.05) is 5.69 Å². The lowest BCUT2D eigenvalue weighted by Gasteiger charge is -2.10. The second kappa shape index (κ2) is 5.24. The number of nitrogens with one attached hydrogen (secondary N) is 1. The summed E-state index contributed by atoms with van der Waals surface area (Å²) in [6.07, 6.45) is 0.884. The van der Waals surface area contributed by atoms with E-state index in [2.05, 4.69) is 12.2 Å². The Morgan fingerprint density at radius 2 is 2.27 bits per heavy atom. The third kappa shape index (κ3) is 3.16. The molecule has 1 aromatic rings. The van der Waals surface area contributed by atoms with Crippen LogP contribution < -0.4 is 15.8 Å². The minimum Gasteiger partial charge on any atom is -0.496 e. The number of benzene rings is 1. The van der Waals surface area contributed by atoms with Gasteiger partial charge in [-0.2, -0.15) is 0 Å². The van der Waals surface area contributed by atoms with Gasteiger partial charge < -0.3 is 15.8 Å². The number of carbonyl (C=O) groups excluding carboxylic acids is 1. The number of hydrogen-bond acceptors (Lipinski definition) is 3. The summed E-state index contributed by atoms with van der Waals surface area (Å²) >= 11 is 0. The van der Waals surface area contributed by atoms with Crippen molar-refractivity contribution >= 4 is 11.6 Å². The van der Waals surface area contributed by atoms with Crippen molar-refractivity contribution in [3.8, 4) is 5.75 Å². The first-order valence-electron chi connectivity index (χ1n) is 4.86. The summed E-state index contributed by atoms with van der Waals surface area (Å²) in [4.78, 5) is 10.6. The number of anilines is 1. The standard InChI is InChI=1S/C11H16N2O2/c1-3-8-6-9(13-7-11(12)14)4-5-10(8)15-2/h4-6,13H,3,7H2,1-2H3,(H2,12,14). The quantitative estimate of drug-likeness (QED) is 0.763. The van der Waals surface area contributed by atoms with Gasteiger partial charge in [-0.1, -0.05) is 6.92 Å². The highest BCUT2D eigenvalue weighted by atomic mass is 16.5. The maximum absolute atomic E-state index is 10.6. The van der Waals surface area contributed by atoms with Crippen molar-refractivity contribution in [3.05, 3.63) is 23.8 Å². The Morgan fingerprint density at radius 3 is 2.80 bits per heavy atom. The van der Waals surface area contributed by atoms with E-state index >= 15 is 0 Å². The number of aryl methyl sites for hydroxylation is 1. The van der Waals surface area contributed by atoms with Gasteiger partial charge in [-0.3, -0.25) is 4.79 Å². The molecule has 0 aliphatic carbocycles. The zero-order valence-electron chi connectivity index (χ0n) is 9.04. The fourth-order valence-electron chi connectivity index (χ4n) is 1.35. The van der Waals surface area contributed by atoms with Crippen LogP contribution in [-0.2, 0) is 11.2 Å². The van der Waals surface area contributed by atoms with E-state index in [1.165, 1.54) is 0 Å². The molecule has 4 heteroatoms. The molecular formula is C11H16N2O2. The van der Waals surface area contributed by atoms with Crippen molar-refractivity contribution in [1.29, 1.82) is 0 Å². The molecule has 1 rings (SSSR count). The molecule has 0 bridgehead atoms. The molecule has 0 aliphatic heterocycles. The smallest absolute Gasteiger partial charge is 0.236 e. The molecule has 0 atom stereocenters. The second-order valence-electron chi connectivity index (χ2n) is 3.20. The Hall–Kier alpha value is -1.71. The van der Waals surface area contributed by atoms with Gasteiger partial charge in [-0.15, -0.1) is 0 Å². The third-order valence-electron chi connectivity index (χ3n) is 2.13. The number of rotatable bonds is 5. The van der Waals surface area contributed by atoms with Crippen molar-refractivity contribution in [2.75, 3.05) is 19.0 Å². The Bertz CT molecular complexity index is 350. The van der Waals surface area contributed by atoms with Gasteiger partial charge in [0.2, 0.25) is 5.91 Å². The molecule has 4 nitrogen and oxygen atoms in total. The van der Waals surface area contributed by atoms with Crippen LogP contribution in [0.5, 0.6) is 5.75 Å². The molecule has 15 heavy (non-hydrogen) atoms. The predicted octanol–water partition coefficient (Wildman–Crippen LogP) is 1.15. The Kier molecular flexibility index (Phi) is 3.97. The van der Waals surface area contributed by atoms with Crippen LogP contribution in [0.4, 0.5) is 5.69 Å². The topological polar surface area (TPSA) is 64.3 Å². The van der Waals surface area contributed by atoms with Crippen LogP contribution in [0.15, 0.2) is 18.2 Å². The molecule has 0 spiro atoms. The summed E-state index contributed by atoms with van der Waals surface area (Å²) in [7, 11) is 1.64. The monoisotopic (exact) mass is 208 g/mol. The third-order valence-corrected chi connectivity index (χ3v) is 2.13. The highest BCUT2D eigenvalue weighted by Gasteiger charge is 2.02. The van der Waals surface area contributed by atoms with Crippen molar-refractivity contribution in [2.45, 2.75) is 13.3 Å². The van der Waals surface area contributed by atoms with Gasteiger partial charge in [0.15, 0.2) is 0 Å². The number of ether oxygens (including phenoxy) is 1. The first-order valence-corrected chi connectivity index (χ1v) is 4.86. The van der Waals surface area contributed by atoms with E-state index < -0.39 is 0 Å². The van der Waals surface area contributed by atoms with Crippen LogP contribution in [0.1, 0.15) is 12.5 Å². The molecule has 0 unspecified atom stereocenters. The minimum atomic E-state index is -0.371. The van der Waals surface area contributed by atoms with Crippen LogP contribution in [0.25, 0.3) is 0 Å². The van der Waals surface area contributed by atoms with E-state index in [9.17, 15) is 4.79 Å². The Labute approximate surface area is 89.4 Å². The van der Waals surface area contributed by atoms with E-state index in [0.29, 0.717) is 0 Å². The van der Waals surface area contributed by atoms with Crippen molar-refractivity contribution < 1.29 is 9.53 Å². The molecule has 1 aromatic carbocycles. The number of carbonyl (C=O) groups is 1. The van der Waals surface area contributed by atoms with E-state index in [1.54, 1.807) is 7.11 Å². The molecule has 82 valence electrons. The van der Waals surface area contributed by atoms with Crippen molar-refractivity contribution in [2.24, 2.45) is 5.73 Å². The molecule has 1 amide bonds. The largest absolute Gasteiger partial charge is 0.496 e. The van der Waals surface area contributed by atoms with Gasteiger partial charge in [-0.25, -0.2) is 0 Å². The molecule has 0 saturated heterocycles. The molecule has 0 heterocycles. The summed E-state index contributed by atoms with van der Waals surface area (Å²) < 4.78 is 5.20. The fraction of sp³-hybridized carbons (Fsp3) is 0.364. The zero-order chi connectivity index (χ0) is 11.3. The second-order valence-corrected chi connectivity index (χ2v) is 3.20. The molecule has 0 aliphatic rings. The van der Waals surface area contributed by atoms with Gasteiger partial charge in [0.25, 0.3) is 0 Å². The van der Waals surface area contributed by atoms with Crippen LogP contribution in [-0.4, -0.2) is 19.6 Å². The fourth-order valence-corrected chi connectivity index (χ4v) is 1.35. The molecule has 0 aromatic heterocycles. The molecular weight excluding hydrogens is 192 g/mol. The average molecular weight is 208 g/mol. The lowest BCUT2D eigenvalue weighted by molar-refractivity contribution is -0.116. The zero-order valence-corrected chi connectivity index (χ0v) is 9.04. The van der Waals surface area contributed by atoms with Crippen LogP contribution in [0.2, 0.25) is 0 Å². The number of hydrogen-bond donors (Lipinski definition) is 2. The minimum absolute atomic E-state index is 0.148. The Morgan fingerprint density at radius 1 is 1.53 bits per heavy atom. The predicted molar refractivity (Wildman–Crippen MR) is 60.1 cm³/mol. The first kappa shape index (κ1) is 11.4. The van der Waals surface area contributed by atoms with Crippen LogP contribution in [0, 0.1) is 0 Å². The highest BCUT2D eigenvalue weighted by Crippen LogP contribution is 2.22. The lowest BCUT2D eigenvalue weighted by atomic mass is 10.1. The van der Waals surface area contributed by atoms with Crippen molar-refractivity contribution in [3.63, 3.8) is 0 Å². The summed E-state index contributed by atoms with van der Waals surface area (Å²) in [6.45, 7) is 2.20. The normalized spacial score (nSPS) is 9.73. The maximum Gasteiger partial charge on any atom is 0.236 e. The van der Waals surface area contributed by atoms with E-state index in [4.69, 9.17) is 10.5 Å². The van der Waals surface area contributed by atoms with Gasteiger partial charge >= 0.3 is 0 Å².